The van der Waals surface area contributed by atoms with Crippen LogP contribution in [0.3, 0.4) is 0 Å². The highest BCUT2D eigenvalue weighted by molar-refractivity contribution is 7.07. The molecule has 1 rings (SSSR count). The molecule has 0 spiro atoms. The third-order valence-corrected chi connectivity index (χ3v) is 2.83. The number of thiazole rings is 1. The first-order valence-electron chi connectivity index (χ1n) is 5.27. The average Bonchev–Trinajstić information content (AvgIpc) is 2.61. The maximum absolute atomic E-state index is 11.4. The summed E-state index contributed by atoms with van der Waals surface area (Å²) < 4.78 is 0. The van der Waals surface area contributed by atoms with Crippen molar-refractivity contribution < 1.29 is 4.79 Å². The zero-order valence-electron chi connectivity index (χ0n) is 9.29. The van der Waals surface area contributed by atoms with Crippen LogP contribution in [0.5, 0.6) is 0 Å². The van der Waals surface area contributed by atoms with Gasteiger partial charge in [-0.25, -0.2) is 0 Å². The van der Waals surface area contributed by atoms with Crippen LogP contribution >= 0.6 is 11.3 Å². The fourth-order valence-electron chi connectivity index (χ4n) is 1.27. The third-order valence-electron chi connectivity index (χ3n) is 2.11. The number of rotatable bonds is 6. The van der Waals surface area contributed by atoms with Gasteiger partial charge in [0.2, 0.25) is 5.91 Å². The van der Waals surface area contributed by atoms with Crippen molar-refractivity contribution >= 4 is 17.2 Å². The zero-order valence-corrected chi connectivity index (χ0v) is 10.1. The fourth-order valence-corrected chi connectivity index (χ4v) is 1.85. The van der Waals surface area contributed by atoms with Crippen molar-refractivity contribution in [2.45, 2.75) is 38.8 Å². The van der Waals surface area contributed by atoms with Crippen molar-refractivity contribution in [1.29, 1.82) is 0 Å². The maximum atomic E-state index is 11.4. The number of hydrogen-bond acceptors (Lipinski definition) is 4. The Hall–Kier alpha value is -1.14. The lowest BCUT2D eigenvalue weighted by atomic mass is 10.1. The number of nitrogens with one attached hydrogen (secondary N) is 2. The van der Waals surface area contributed by atoms with Gasteiger partial charge in [-0.2, -0.15) is 0 Å². The fraction of sp³-hybridized carbons (Fsp3) is 0.600. The van der Waals surface area contributed by atoms with Crippen LogP contribution in [0.4, 0.5) is 0 Å². The standard InChI is InChI=1S/C10H17N3O2S/c1-7(11)3-2-4-9(14)12-5-8-6-16-10(15)13-8/h6-7H,2-5,11H2,1H3,(H,12,14)(H,13,15). The molecule has 0 aromatic carbocycles. The van der Waals surface area contributed by atoms with Crippen molar-refractivity contribution in [2.75, 3.05) is 0 Å². The van der Waals surface area contributed by atoms with Crippen molar-refractivity contribution in [3.05, 3.63) is 20.7 Å². The van der Waals surface area contributed by atoms with Gasteiger partial charge in [0.05, 0.1) is 6.54 Å². The van der Waals surface area contributed by atoms with E-state index in [1.54, 1.807) is 5.38 Å². The van der Waals surface area contributed by atoms with Crippen LogP contribution in [0.25, 0.3) is 0 Å². The lowest BCUT2D eigenvalue weighted by Gasteiger charge is -2.05. The summed E-state index contributed by atoms with van der Waals surface area (Å²) in [7, 11) is 0. The van der Waals surface area contributed by atoms with E-state index in [1.165, 1.54) is 0 Å². The molecule has 1 amide bonds. The summed E-state index contributed by atoms with van der Waals surface area (Å²) in [6, 6.07) is 0.140. The van der Waals surface area contributed by atoms with Gasteiger partial charge in [0.1, 0.15) is 0 Å². The maximum Gasteiger partial charge on any atom is 0.304 e. The van der Waals surface area contributed by atoms with Crippen LogP contribution in [0.1, 0.15) is 31.9 Å². The Morgan fingerprint density at radius 3 is 3.00 bits per heavy atom. The van der Waals surface area contributed by atoms with Crippen LogP contribution < -0.4 is 15.9 Å². The van der Waals surface area contributed by atoms with Gasteiger partial charge in [0.25, 0.3) is 0 Å². The lowest BCUT2D eigenvalue weighted by molar-refractivity contribution is -0.121. The third kappa shape index (κ3) is 5.09. The Balaban J connectivity index is 2.18. The zero-order chi connectivity index (χ0) is 12.0. The summed E-state index contributed by atoms with van der Waals surface area (Å²) in [6.45, 7) is 2.31. The summed E-state index contributed by atoms with van der Waals surface area (Å²) in [4.78, 5) is 24.7. The summed E-state index contributed by atoms with van der Waals surface area (Å²) >= 11 is 1.10. The van der Waals surface area contributed by atoms with Gasteiger partial charge in [-0.3, -0.25) is 9.59 Å². The van der Waals surface area contributed by atoms with E-state index in [-0.39, 0.29) is 16.8 Å². The first-order valence-corrected chi connectivity index (χ1v) is 6.15. The first-order chi connectivity index (χ1) is 7.58. The van der Waals surface area contributed by atoms with E-state index in [2.05, 4.69) is 10.3 Å². The Labute approximate surface area is 98.1 Å². The molecular formula is C10H17N3O2S. The normalized spacial score (nSPS) is 12.4. The molecule has 1 heterocycles. The van der Waals surface area contributed by atoms with E-state index in [1.807, 2.05) is 6.92 Å². The predicted molar refractivity (Wildman–Crippen MR) is 64.3 cm³/mol. The molecule has 0 saturated carbocycles. The number of amides is 1. The summed E-state index contributed by atoms with van der Waals surface area (Å²) in [5.74, 6) is -0.00676. The van der Waals surface area contributed by atoms with Crippen molar-refractivity contribution in [2.24, 2.45) is 5.73 Å². The van der Waals surface area contributed by atoms with Crippen LogP contribution in [-0.2, 0) is 11.3 Å². The van der Waals surface area contributed by atoms with Gasteiger partial charge < -0.3 is 16.0 Å². The number of aromatic amines is 1. The van der Waals surface area contributed by atoms with Crippen molar-refractivity contribution in [1.82, 2.24) is 10.3 Å². The predicted octanol–water partition coefficient (Wildman–Crippen LogP) is 0.570. The van der Waals surface area contributed by atoms with Gasteiger partial charge in [0.15, 0.2) is 0 Å². The second kappa shape index (κ2) is 6.44. The molecule has 6 heteroatoms. The number of carbonyl (C=O) groups is 1. The largest absolute Gasteiger partial charge is 0.351 e. The highest BCUT2D eigenvalue weighted by Crippen LogP contribution is 1.99. The van der Waals surface area contributed by atoms with E-state index in [4.69, 9.17) is 5.73 Å². The minimum absolute atomic E-state index is 0.00676. The summed E-state index contributed by atoms with van der Waals surface area (Å²) in [6.07, 6.45) is 2.13. The van der Waals surface area contributed by atoms with Crippen LogP contribution in [0.15, 0.2) is 10.2 Å². The molecular weight excluding hydrogens is 226 g/mol. The highest BCUT2D eigenvalue weighted by atomic mass is 32.1. The molecule has 0 bridgehead atoms. The molecule has 16 heavy (non-hydrogen) atoms. The van der Waals surface area contributed by atoms with Crippen LogP contribution in [-0.4, -0.2) is 16.9 Å². The monoisotopic (exact) mass is 243 g/mol. The van der Waals surface area contributed by atoms with Gasteiger partial charge >= 0.3 is 4.87 Å². The van der Waals surface area contributed by atoms with Crippen molar-refractivity contribution in [3.8, 4) is 0 Å². The second-order valence-corrected chi connectivity index (χ2v) is 4.66. The average molecular weight is 243 g/mol. The van der Waals surface area contributed by atoms with Crippen LogP contribution in [0.2, 0.25) is 0 Å². The van der Waals surface area contributed by atoms with Gasteiger partial charge in [-0.15, -0.1) is 0 Å². The van der Waals surface area contributed by atoms with Gasteiger partial charge in [0, 0.05) is 23.5 Å². The Kier molecular flexibility index (Phi) is 5.21. The molecule has 5 nitrogen and oxygen atoms in total. The smallest absolute Gasteiger partial charge is 0.304 e. The molecule has 0 aliphatic rings. The molecule has 1 aromatic heterocycles. The molecule has 0 aliphatic carbocycles. The molecule has 0 fully saturated rings. The number of nitrogens with two attached hydrogens (primary N) is 1. The Bertz CT molecular complexity index is 383. The Morgan fingerprint density at radius 2 is 2.44 bits per heavy atom. The van der Waals surface area contributed by atoms with E-state index >= 15 is 0 Å². The Morgan fingerprint density at radius 1 is 1.69 bits per heavy atom. The molecule has 0 radical (unpaired) electrons. The van der Waals surface area contributed by atoms with Gasteiger partial charge in [-0.1, -0.05) is 11.3 Å². The minimum Gasteiger partial charge on any atom is -0.351 e. The van der Waals surface area contributed by atoms with E-state index in [0.29, 0.717) is 13.0 Å². The minimum atomic E-state index is -0.0961. The molecule has 1 unspecified atom stereocenters. The second-order valence-electron chi connectivity index (χ2n) is 3.82. The lowest BCUT2D eigenvalue weighted by Crippen LogP contribution is -2.23. The molecule has 1 atom stereocenters. The molecule has 0 saturated heterocycles. The van der Waals surface area contributed by atoms with Gasteiger partial charge in [-0.05, 0) is 19.8 Å². The SMILES string of the molecule is CC(N)CCCC(=O)NCc1csc(=O)[nH]1. The topological polar surface area (TPSA) is 88.0 Å². The van der Waals surface area contributed by atoms with E-state index in [0.717, 1.165) is 29.9 Å². The quantitative estimate of drug-likeness (QED) is 0.682. The molecule has 4 N–H and O–H groups in total. The number of hydrogen-bond donors (Lipinski definition) is 3. The van der Waals surface area contributed by atoms with Crippen molar-refractivity contribution in [3.63, 3.8) is 0 Å². The molecule has 1 aromatic rings. The highest BCUT2D eigenvalue weighted by Gasteiger charge is 2.03. The number of aromatic nitrogens is 1. The number of H-pyrrole nitrogens is 1. The molecule has 90 valence electrons. The van der Waals surface area contributed by atoms with E-state index in [9.17, 15) is 9.59 Å². The summed E-state index contributed by atoms with van der Waals surface area (Å²) in [5.41, 5.74) is 6.32. The number of carbonyl (C=O) groups excluding carboxylic acids is 1. The molecule has 0 aliphatic heterocycles. The van der Waals surface area contributed by atoms with E-state index < -0.39 is 0 Å². The first kappa shape index (κ1) is 12.9. The summed E-state index contributed by atoms with van der Waals surface area (Å²) in [5, 5.41) is 4.46. The van der Waals surface area contributed by atoms with Crippen LogP contribution in [0, 0.1) is 0 Å².